The first-order valence-corrected chi connectivity index (χ1v) is 30.0. The summed E-state index contributed by atoms with van der Waals surface area (Å²) in [5.41, 5.74) is 13.6. The Morgan fingerprint density at radius 1 is 0.411 bits per heavy atom. The number of benzene rings is 4. The minimum atomic E-state index is -1.14. The van der Waals surface area contributed by atoms with E-state index in [1.54, 1.807) is 41.5 Å². The van der Waals surface area contributed by atoms with Crippen molar-refractivity contribution in [3.05, 3.63) is 155 Å². The number of hydrogen-bond donors (Lipinski definition) is 6. The van der Waals surface area contributed by atoms with Gasteiger partial charge in [-0.15, -0.1) is 0 Å². The fraction of sp³-hybridized carbons (Fsp3) is 0.333. The summed E-state index contributed by atoms with van der Waals surface area (Å²) >= 11 is 0. The Labute approximate surface area is 524 Å². The molecule has 6 N–H and O–H groups in total. The van der Waals surface area contributed by atoms with E-state index >= 15 is 0 Å². The molecule has 0 radical (unpaired) electrons. The molecule has 0 fully saturated rings. The molecular formula is C72H80N6O12. The Bertz CT molecular complexity index is 3730. The number of carbonyl (C=O) groups is 4. The number of fused-ring (bicyclic) bond motifs is 8. The second-order valence-electron chi connectivity index (χ2n) is 26.3. The lowest BCUT2D eigenvalue weighted by Crippen LogP contribution is -2.45. The lowest BCUT2D eigenvalue weighted by Gasteiger charge is -2.23. The van der Waals surface area contributed by atoms with Crippen molar-refractivity contribution in [2.24, 2.45) is 0 Å². The molecule has 0 spiro atoms. The monoisotopic (exact) mass is 1220 g/mol. The van der Waals surface area contributed by atoms with Gasteiger partial charge >= 0.3 is 24.1 Å². The maximum Gasteiger partial charge on any atom is 0.408 e. The van der Waals surface area contributed by atoms with Crippen molar-refractivity contribution in [3.8, 4) is 56.0 Å². The van der Waals surface area contributed by atoms with Gasteiger partial charge in [-0.05, 0) is 159 Å². The smallest absolute Gasteiger partial charge is 0.408 e. The number of hydrogen-bond acceptors (Lipinski definition) is 12. The van der Waals surface area contributed by atoms with Gasteiger partial charge in [-0.2, -0.15) is 0 Å². The van der Waals surface area contributed by atoms with Crippen molar-refractivity contribution < 1.29 is 57.8 Å². The molecular weight excluding hydrogens is 1140 g/mol. The number of carboxylic acids is 2. The fourth-order valence-electron chi connectivity index (χ4n) is 10.3. The number of nitrogens with one attached hydrogen (secondary N) is 4. The normalized spacial score (nSPS) is 13.1. The Morgan fingerprint density at radius 2 is 0.689 bits per heavy atom. The first-order valence-electron chi connectivity index (χ1n) is 30.0. The third kappa shape index (κ3) is 17.0. The van der Waals surface area contributed by atoms with Crippen LogP contribution in [0.4, 0.5) is 9.59 Å². The quantitative estimate of drug-likeness (QED) is 0.0416. The number of H-pyrrole nitrogens is 2. The fourth-order valence-corrected chi connectivity index (χ4v) is 10.3. The summed E-state index contributed by atoms with van der Waals surface area (Å²) in [5.74, 6) is -1.29. The van der Waals surface area contributed by atoms with Gasteiger partial charge in [0.15, 0.2) is 0 Å². The van der Waals surface area contributed by atoms with E-state index in [1.807, 2.05) is 72.8 Å². The second kappa shape index (κ2) is 27.1. The highest BCUT2D eigenvalue weighted by atomic mass is 16.6. The molecule has 5 heterocycles. The van der Waals surface area contributed by atoms with Gasteiger partial charge in [-0.3, -0.25) is 0 Å². The maximum atomic E-state index is 12.8. The highest BCUT2D eigenvalue weighted by molar-refractivity contribution is 6.00. The van der Waals surface area contributed by atoms with E-state index < -0.39 is 60.6 Å². The maximum absolute atomic E-state index is 12.8. The molecule has 2 unspecified atom stereocenters. The van der Waals surface area contributed by atoms with E-state index in [4.69, 9.17) is 38.4 Å². The minimum Gasteiger partial charge on any atom is -0.491 e. The lowest BCUT2D eigenvalue weighted by molar-refractivity contribution is -0.143. The van der Waals surface area contributed by atoms with Crippen molar-refractivity contribution >= 4 is 70.5 Å². The standard InChI is InChI=1S/C72H80N6O12/c1-69(2,3)47-21-13-43(14-22-47)63-53-29-33-57(75-53)65(45-17-25-51(26-18-45)87-39-49(37-85-41-61(79)80)73-67(83)89-71(7,8)9)59-35-31-55(77-59)64(44-15-23-48(24-16-44)70(4,5)6)56-32-36-60(78-56)66(58-34-30-54(63)76-58)46-19-27-52(28-20-46)88-40-50(38-86-42-62(81)82)74-68(84)90-72(10,11)12/h13-36,49-50,75,78H,37-42H2,1-12H3,(H,73,83)(H,74,84)(H,79,80)(H,81,82). The van der Waals surface area contributed by atoms with E-state index in [0.29, 0.717) is 22.9 Å². The molecule has 4 aromatic carbocycles. The van der Waals surface area contributed by atoms with Crippen LogP contribution >= 0.6 is 0 Å². The summed E-state index contributed by atoms with van der Waals surface area (Å²) in [6.45, 7) is 22.2. The van der Waals surface area contributed by atoms with Crippen molar-refractivity contribution in [2.75, 3.05) is 39.6 Å². The van der Waals surface area contributed by atoms with Crippen LogP contribution in [0.2, 0.25) is 0 Å². The third-order valence-electron chi connectivity index (χ3n) is 14.6. The van der Waals surface area contributed by atoms with Gasteiger partial charge in [0.25, 0.3) is 0 Å². The first-order chi connectivity index (χ1) is 42.5. The number of carbonyl (C=O) groups excluding carboxylic acids is 2. The summed E-state index contributed by atoms with van der Waals surface area (Å²) in [6, 6.07) is 39.2. The average Bonchev–Trinajstić information content (AvgIpc) is 1.63. The number of alkyl carbamates (subject to hydrolysis) is 2. The number of ether oxygens (including phenoxy) is 6. The molecule has 2 aliphatic rings. The summed E-state index contributed by atoms with van der Waals surface area (Å²) in [5, 5.41) is 24.0. The SMILES string of the molecule is CC(C)(C)OC(=O)NC(COCC(=O)O)COc1ccc(-c2c3nc(c(-c4ccc(C(C)(C)C)cc4)c4ccc([nH]4)c(-c4ccc(OCC(COCC(=O)O)NC(=O)OC(C)(C)C)cc4)c4nc(c(-c5ccc(C(C)(C)C)cc5)c5ccc2[nH]5)C=C4)C=C3)cc1. The molecule has 2 amide bonds. The van der Waals surface area contributed by atoms with Crippen LogP contribution in [-0.4, -0.2) is 117 Å². The zero-order valence-electron chi connectivity index (χ0n) is 53.1. The molecule has 9 rings (SSSR count). The topological polar surface area (TPSA) is 246 Å². The molecule has 8 bridgehead atoms. The third-order valence-corrected chi connectivity index (χ3v) is 14.6. The van der Waals surface area contributed by atoms with Crippen LogP contribution < -0.4 is 20.1 Å². The zero-order chi connectivity index (χ0) is 64.7. The summed E-state index contributed by atoms with van der Waals surface area (Å²) < 4.78 is 34.2. The van der Waals surface area contributed by atoms with Gasteiger partial charge in [-0.1, -0.05) is 114 Å². The van der Waals surface area contributed by atoms with Crippen molar-refractivity contribution in [1.82, 2.24) is 30.6 Å². The van der Waals surface area contributed by atoms with Gasteiger partial charge in [-0.25, -0.2) is 29.1 Å². The van der Waals surface area contributed by atoms with E-state index in [9.17, 15) is 29.4 Å². The lowest BCUT2D eigenvalue weighted by atomic mass is 9.86. The Morgan fingerprint density at radius 3 is 0.944 bits per heavy atom. The average molecular weight is 1220 g/mol. The van der Waals surface area contributed by atoms with Crippen LogP contribution in [0.1, 0.15) is 117 Å². The van der Waals surface area contributed by atoms with Crippen LogP contribution in [-0.2, 0) is 39.4 Å². The van der Waals surface area contributed by atoms with E-state index in [1.165, 1.54) is 11.1 Å². The van der Waals surface area contributed by atoms with E-state index in [-0.39, 0.29) is 37.3 Å². The number of nitrogens with zero attached hydrogens (tertiary/aromatic N) is 2. The summed E-state index contributed by atoms with van der Waals surface area (Å²) in [7, 11) is 0. The van der Waals surface area contributed by atoms with Crippen LogP contribution in [0.25, 0.3) is 90.9 Å². The predicted octanol–water partition coefficient (Wildman–Crippen LogP) is 14.7. The number of rotatable bonds is 20. The van der Waals surface area contributed by atoms with Gasteiger partial charge in [0, 0.05) is 44.3 Å². The van der Waals surface area contributed by atoms with Crippen molar-refractivity contribution in [3.63, 3.8) is 0 Å². The summed E-state index contributed by atoms with van der Waals surface area (Å²) in [4.78, 5) is 67.0. The molecule has 2 aliphatic heterocycles. The molecule has 2 atom stereocenters. The van der Waals surface area contributed by atoms with Crippen LogP contribution in [0.5, 0.6) is 11.5 Å². The van der Waals surface area contributed by atoms with Crippen LogP contribution in [0, 0.1) is 0 Å². The molecule has 7 aromatic rings. The Hall–Kier alpha value is -9.52. The number of amides is 2. The second-order valence-corrected chi connectivity index (χ2v) is 26.3. The minimum absolute atomic E-state index is 0.0412. The molecule has 470 valence electrons. The number of aromatic amines is 2. The van der Waals surface area contributed by atoms with Crippen LogP contribution in [0.3, 0.4) is 0 Å². The zero-order valence-corrected chi connectivity index (χ0v) is 53.1. The number of aromatic nitrogens is 4. The first kappa shape index (κ1) is 64.9. The molecule has 0 aliphatic carbocycles. The molecule has 90 heavy (non-hydrogen) atoms. The Balaban J connectivity index is 1.20. The molecule has 18 heteroatoms. The molecule has 18 nitrogen and oxygen atoms in total. The molecule has 0 saturated carbocycles. The van der Waals surface area contributed by atoms with Crippen molar-refractivity contribution in [1.29, 1.82) is 0 Å². The largest absolute Gasteiger partial charge is 0.491 e. The van der Waals surface area contributed by atoms with Crippen LogP contribution in [0.15, 0.2) is 121 Å². The van der Waals surface area contributed by atoms with E-state index in [2.05, 4.69) is 135 Å². The van der Waals surface area contributed by atoms with E-state index in [0.717, 1.165) is 78.0 Å². The summed E-state index contributed by atoms with van der Waals surface area (Å²) in [6.07, 6.45) is 6.78. The van der Waals surface area contributed by atoms with Crippen molar-refractivity contribution in [2.45, 2.75) is 117 Å². The highest BCUT2D eigenvalue weighted by Crippen LogP contribution is 2.40. The number of carboxylic acid groups (broad SMARTS) is 2. The molecule has 3 aromatic heterocycles. The van der Waals surface area contributed by atoms with Gasteiger partial charge < -0.3 is 59.2 Å². The highest BCUT2D eigenvalue weighted by Gasteiger charge is 2.25. The predicted molar refractivity (Wildman–Crippen MR) is 352 cm³/mol. The molecule has 0 saturated heterocycles. The Kier molecular flexibility index (Phi) is 19.5. The number of aliphatic carboxylic acids is 2. The van der Waals surface area contributed by atoms with Gasteiger partial charge in [0.1, 0.15) is 49.1 Å². The van der Waals surface area contributed by atoms with Gasteiger partial charge in [0.05, 0.1) is 48.1 Å². The van der Waals surface area contributed by atoms with Gasteiger partial charge in [0.2, 0.25) is 0 Å².